The molecule has 1 aromatic heterocycles. The number of pyridine rings is 1. The number of nitrogens with one attached hydrogen (secondary N) is 1. The van der Waals surface area contributed by atoms with Gasteiger partial charge in [0.2, 0.25) is 0 Å². The molecule has 0 spiro atoms. The van der Waals surface area contributed by atoms with Crippen LogP contribution in [0.1, 0.15) is 5.56 Å². The quantitative estimate of drug-likeness (QED) is 0.686. The normalized spacial score (nSPS) is 10.2. The highest BCUT2D eigenvalue weighted by Gasteiger charge is 2.00. The van der Waals surface area contributed by atoms with Crippen LogP contribution in [0.3, 0.4) is 0 Å². The minimum Gasteiger partial charge on any atom is -0.489 e. The van der Waals surface area contributed by atoms with E-state index >= 15 is 0 Å². The van der Waals surface area contributed by atoms with E-state index in [1.165, 1.54) is 0 Å². The van der Waals surface area contributed by atoms with E-state index in [-0.39, 0.29) is 0 Å². The van der Waals surface area contributed by atoms with Crippen molar-refractivity contribution in [2.24, 2.45) is 0 Å². The van der Waals surface area contributed by atoms with Crippen molar-refractivity contribution in [3.8, 4) is 5.75 Å². The molecule has 0 unspecified atom stereocenters. The Kier molecular flexibility index (Phi) is 4.71. The van der Waals surface area contributed by atoms with Gasteiger partial charge in [-0.15, -0.1) is 0 Å². The van der Waals surface area contributed by atoms with Crippen LogP contribution in [0.4, 0.5) is 11.4 Å². The van der Waals surface area contributed by atoms with Crippen LogP contribution in [0, 0.1) is 0 Å². The zero-order valence-corrected chi connectivity index (χ0v) is 13.5. The van der Waals surface area contributed by atoms with Crippen LogP contribution in [-0.4, -0.2) is 4.98 Å². The van der Waals surface area contributed by atoms with Gasteiger partial charge in [0, 0.05) is 18.1 Å². The Bertz CT molecular complexity index is 730. The summed E-state index contributed by atoms with van der Waals surface area (Å²) in [6, 6.07) is 20.0. The van der Waals surface area contributed by atoms with E-state index in [1.807, 2.05) is 48.5 Å². The Hall–Kier alpha value is -2.33. The first kappa shape index (κ1) is 14.6. The average Bonchev–Trinajstić information content (AvgIpc) is 2.57. The molecule has 0 atom stereocenters. The number of halogens is 1. The largest absolute Gasteiger partial charge is 0.489 e. The van der Waals surface area contributed by atoms with Crippen LogP contribution < -0.4 is 10.1 Å². The van der Waals surface area contributed by atoms with E-state index < -0.39 is 0 Å². The molecule has 0 fully saturated rings. The highest BCUT2D eigenvalue weighted by molar-refractivity contribution is 9.10. The van der Waals surface area contributed by atoms with Crippen molar-refractivity contribution in [2.45, 2.75) is 6.61 Å². The van der Waals surface area contributed by atoms with Crippen LogP contribution in [0.15, 0.2) is 77.5 Å². The Morgan fingerprint density at radius 2 is 1.73 bits per heavy atom. The van der Waals surface area contributed by atoms with Gasteiger partial charge in [-0.3, -0.25) is 4.98 Å². The summed E-state index contributed by atoms with van der Waals surface area (Å²) in [6.07, 6.45) is 3.52. The second-order valence-electron chi connectivity index (χ2n) is 4.78. The number of ether oxygens (including phenoxy) is 1. The van der Waals surface area contributed by atoms with Gasteiger partial charge in [0.05, 0.1) is 10.2 Å². The SMILES string of the molecule is Brc1cnccc1Nc1ccc(OCc2ccccc2)cc1. The molecule has 0 saturated heterocycles. The fourth-order valence-corrected chi connectivity index (χ4v) is 2.36. The van der Waals surface area contributed by atoms with Gasteiger partial charge in [0.25, 0.3) is 0 Å². The Labute approximate surface area is 138 Å². The topological polar surface area (TPSA) is 34.2 Å². The predicted octanol–water partition coefficient (Wildman–Crippen LogP) is 5.17. The fourth-order valence-electron chi connectivity index (χ4n) is 2.01. The van der Waals surface area contributed by atoms with Gasteiger partial charge in [-0.2, -0.15) is 0 Å². The van der Waals surface area contributed by atoms with E-state index in [0.29, 0.717) is 6.61 Å². The summed E-state index contributed by atoms with van der Waals surface area (Å²) in [5.41, 5.74) is 3.14. The zero-order chi connectivity index (χ0) is 15.2. The molecule has 3 nitrogen and oxygen atoms in total. The van der Waals surface area contributed by atoms with Gasteiger partial charge in [0.1, 0.15) is 12.4 Å². The highest BCUT2D eigenvalue weighted by Crippen LogP contribution is 2.25. The standard InChI is InChI=1S/C18H15BrN2O/c19-17-12-20-11-10-18(17)21-15-6-8-16(9-7-15)22-13-14-4-2-1-3-5-14/h1-12H,13H2,(H,20,21). The van der Waals surface area contributed by atoms with Crippen LogP contribution in [0.25, 0.3) is 0 Å². The maximum atomic E-state index is 5.77. The molecule has 1 heterocycles. The summed E-state index contributed by atoms with van der Waals surface area (Å²) in [6.45, 7) is 0.573. The van der Waals surface area contributed by atoms with Crippen LogP contribution >= 0.6 is 15.9 Å². The van der Waals surface area contributed by atoms with Crippen molar-refractivity contribution >= 4 is 27.3 Å². The number of hydrogen-bond donors (Lipinski definition) is 1. The number of aromatic nitrogens is 1. The monoisotopic (exact) mass is 354 g/mol. The van der Waals surface area contributed by atoms with Crippen LogP contribution in [0.2, 0.25) is 0 Å². The lowest BCUT2D eigenvalue weighted by Crippen LogP contribution is -1.95. The second kappa shape index (κ2) is 7.09. The van der Waals surface area contributed by atoms with E-state index in [4.69, 9.17) is 4.74 Å². The molecule has 22 heavy (non-hydrogen) atoms. The van der Waals surface area contributed by atoms with Gasteiger partial charge in [0.15, 0.2) is 0 Å². The van der Waals surface area contributed by atoms with E-state index in [0.717, 1.165) is 27.2 Å². The van der Waals surface area contributed by atoms with E-state index in [2.05, 4.69) is 38.4 Å². The maximum Gasteiger partial charge on any atom is 0.119 e. The van der Waals surface area contributed by atoms with Gasteiger partial charge < -0.3 is 10.1 Å². The maximum absolute atomic E-state index is 5.77. The number of anilines is 2. The van der Waals surface area contributed by atoms with Crippen LogP contribution in [-0.2, 0) is 6.61 Å². The molecule has 0 bridgehead atoms. The molecule has 1 N–H and O–H groups in total. The van der Waals surface area contributed by atoms with Crippen molar-refractivity contribution in [1.29, 1.82) is 0 Å². The summed E-state index contributed by atoms with van der Waals surface area (Å²) < 4.78 is 6.70. The second-order valence-corrected chi connectivity index (χ2v) is 5.63. The third-order valence-corrected chi connectivity index (χ3v) is 3.79. The summed E-state index contributed by atoms with van der Waals surface area (Å²) in [5.74, 6) is 0.850. The third kappa shape index (κ3) is 3.86. The molecule has 4 heteroatoms. The first-order valence-corrected chi connectivity index (χ1v) is 7.74. The molecule has 0 amide bonds. The van der Waals surface area contributed by atoms with Crippen molar-refractivity contribution in [2.75, 3.05) is 5.32 Å². The Balaban J connectivity index is 1.62. The van der Waals surface area contributed by atoms with E-state index in [9.17, 15) is 0 Å². The van der Waals surface area contributed by atoms with Crippen molar-refractivity contribution in [3.05, 3.63) is 83.1 Å². The minimum absolute atomic E-state index is 0.573. The van der Waals surface area contributed by atoms with Gasteiger partial charge in [-0.1, -0.05) is 30.3 Å². The number of nitrogens with zero attached hydrogens (tertiary/aromatic N) is 1. The molecule has 0 aliphatic carbocycles. The van der Waals surface area contributed by atoms with Gasteiger partial charge >= 0.3 is 0 Å². The van der Waals surface area contributed by atoms with Crippen molar-refractivity contribution in [3.63, 3.8) is 0 Å². The number of benzene rings is 2. The zero-order valence-electron chi connectivity index (χ0n) is 11.9. The number of hydrogen-bond acceptors (Lipinski definition) is 3. The van der Waals surface area contributed by atoms with Crippen molar-refractivity contribution in [1.82, 2.24) is 4.98 Å². The molecule has 0 aliphatic heterocycles. The van der Waals surface area contributed by atoms with Gasteiger partial charge in [-0.05, 0) is 51.8 Å². The lowest BCUT2D eigenvalue weighted by molar-refractivity contribution is 0.306. The van der Waals surface area contributed by atoms with Gasteiger partial charge in [-0.25, -0.2) is 0 Å². The number of rotatable bonds is 5. The lowest BCUT2D eigenvalue weighted by atomic mass is 10.2. The van der Waals surface area contributed by atoms with Crippen LogP contribution in [0.5, 0.6) is 5.75 Å². The summed E-state index contributed by atoms with van der Waals surface area (Å²) in [7, 11) is 0. The molecule has 0 saturated carbocycles. The summed E-state index contributed by atoms with van der Waals surface area (Å²) in [5, 5.41) is 3.33. The average molecular weight is 355 g/mol. The Morgan fingerprint density at radius 3 is 2.45 bits per heavy atom. The minimum atomic E-state index is 0.573. The molecular weight excluding hydrogens is 340 g/mol. The molecule has 2 aromatic carbocycles. The first-order valence-electron chi connectivity index (χ1n) is 6.94. The first-order chi connectivity index (χ1) is 10.8. The predicted molar refractivity (Wildman–Crippen MR) is 92.4 cm³/mol. The van der Waals surface area contributed by atoms with E-state index in [1.54, 1.807) is 12.4 Å². The fraction of sp³-hybridized carbons (Fsp3) is 0.0556. The third-order valence-electron chi connectivity index (χ3n) is 3.15. The molecule has 3 rings (SSSR count). The molecule has 0 radical (unpaired) electrons. The highest BCUT2D eigenvalue weighted by atomic mass is 79.9. The molecule has 110 valence electrons. The molecular formula is C18H15BrN2O. The summed E-state index contributed by atoms with van der Waals surface area (Å²) in [4.78, 5) is 4.05. The lowest BCUT2D eigenvalue weighted by Gasteiger charge is -2.10. The molecule has 0 aliphatic rings. The van der Waals surface area contributed by atoms with Crippen molar-refractivity contribution < 1.29 is 4.74 Å². The Morgan fingerprint density at radius 1 is 0.955 bits per heavy atom. The smallest absolute Gasteiger partial charge is 0.119 e. The summed E-state index contributed by atoms with van der Waals surface area (Å²) >= 11 is 3.47. The molecule has 3 aromatic rings.